The number of carbonyl (C=O) groups is 1. The molecule has 0 aromatic heterocycles. The summed E-state index contributed by atoms with van der Waals surface area (Å²) in [5.74, 6) is 0.992. The van der Waals surface area contributed by atoms with Crippen LogP contribution in [0.15, 0.2) is 12.1 Å². The Kier molecular flexibility index (Phi) is 7.23. The second-order valence-corrected chi connectivity index (χ2v) is 5.62. The van der Waals surface area contributed by atoms with Crippen molar-refractivity contribution in [2.45, 2.75) is 40.2 Å². The Morgan fingerprint density at radius 1 is 1.24 bits per heavy atom. The molecule has 1 rings (SSSR count). The highest BCUT2D eigenvalue weighted by molar-refractivity contribution is 5.75. The lowest BCUT2D eigenvalue weighted by molar-refractivity contribution is -0.129. The number of aryl methyl sites for hydroxylation is 2. The van der Waals surface area contributed by atoms with Gasteiger partial charge in [-0.15, -0.1) is 0 Å². The fourth-order valence-corrected chi connectivity index (χ4v) is 2.24. The molecule has 21 heavy (non-hydrogen) atoms. The molecule has 0 aliphatic rings. The molecule has 0 fully saturated rings. The fourth-order valence-electron chi connectivity index (χ4n) is 2.24. The second-order valence-electron chi connectivity index (χ2n) is 5.62. The van der Waals surface area contributed by atoms with Crippen molar-refractivity contribution < 1.29 is 9.53 Å². The van der Waals surface area contributed by atoms with Gasteiger partial charge in [0.1, 0.15) is 5.75 Å². The Morgan fingerprint density at radius 2 is 1.86 bits per heavy atom. The van der Waals surface area contributed by atoms with E-state index in [1.807, 2.05) is 0 Å². The number of nitrogens with one attached hydrogen (secondary N) is 1. The Morgan fingerprint density at radius 3 is 2.38 bits per heavy atom. The van der Waals surface area contributed by atoms with Crippen LogP contribution in [-0.4, -0.2) is 38.1 Å². The van der Waals surface area contributed by atoms with Crippen LogP contribution in [0.3, 0.4) is 0 Å². The average molecular weight is 292 g/mol. The summed E-state index contributed by atoms with van der Waals surface area (Å²) in [4.78, 5) is 13.1. The molecule has 1 amide bonds. The van der Waals surface area contributed by atoms with Gasteiger partial charge in [0.05, 0.1) is 13.0 Å². The van der Waals surface area contributed by atoms with E-state index in [0.717, 1.165) is 36.4 Å². The van der Waals surface area contributed by atoms with E-state index < -0.39 is 0 Å². The van der Waals surface area contributed by atoms with Gasteiger partial charge in [-0.05, 0) is 43.5 Å². The van der Waals surface area contributed by atoms with E-state index in [2.05, 4.69) is 38.2 Å². The zero-order valence-corrected chi connectivity index (χ0v) is 14.0. The van der Waals surface area contributed by atoms with Gasteiger partial charge in [-0.1, -0.05) is 19.1 Å². The van der Waals surface area contributed by atoms with Gasteiger partial charge in [0, 0.05) is 20.6 Å². The van der Waals surface area contributed by atoms with Crippen molar-refractivity contribution in [1.82, 2.24) is 10.2 Å². The van der Waals surface area contributed by atoms with Crippen LogP contribution in [0.25, 0.3) is 0 Å². The topological polar surface area (TPSA) is 41.6 Å². The van der Waals surface area contributed by atoms with Gasteiger partial charge >= 0.3 is 0 Å². The molecule has 0 heterocycles. The van der Waals surface area contributed by atoms with Crippen LogP contribution in [0.4, 0.5) is 0 Å². The maximum Gasteiger partial charge on any atom is 0.225 e. The van der Waals surface area contributed by atoms with E-state index in [-0.39, 0.29) is 5.91 Å². The minimum Gasteiger partial charge on any atom is -0.493 e. The van der Waals surface area contributed by atoms with Gasteiger partial charge in [0.25, 0.3) is 0 Å². The standard InChI is InChI=1S/C17H28N2O2/c1-6-8-18-12-15-10-13(2)17(14(3)11-15)21-9-7-16(20)19(4)5/h10-11,18H,6-9,12H2,1-5H3. The van der Waals surface area contributed by atoms with Gasteiger partial charge < -0.3 is 15.0 Å². The summed E-state index contributed by atoms with van der Waals surface area (Å²) in [6.45, 7) is 8.61. The molecule has 0 aliphatic carbocycles. The van der Waals surface area contributed by atoms with Crippen LogP contribution in [0.2, 0.25) is 0 Å². The van der Waals surface area contributed by atoms with Crippen molar-refractivity contribution in [2.75, 3.05) is 27.2 Å². The van der Waals surface area contributed by atoms with Crippen LogP contribution < -0.4 is 10.1 Å². The first-order valence-electron chi connectivity index (χ1n) is 7.59. The Bertz CT molecular complexity index is 447. The van der Waals surface area contributed by atoms with Gasteiger partial charge in [-0.3, -0.25) is 4.79 Å². The van der Waals surface area contributed by atoms with Gasteiger partial charge in [0.15, 0.2) is 0 Å². The van der Waals surface area contributed by atoms with E-state index in [0.29, 0.717) is 13.0 Å². The zero-order valence-electron chi connectivity index (χ0n) is 14.0. The third-order valence-corrected chi connectivity index (χ3v) is 3.34. The number of carbonyl (C=O) groups excluding carboxylic acids is 1. The van der Waals surface area contributed by atoms with Crippen molar-refractivity contribution in [1.29, 1.82) is 0 Å². The highest BCUT2D eigenvalue weighted by atomic mass is 16.5. The van der Waals surface area contributed by atoms with Crippen molar-refractivity contribution >= 4 is 5.91 Å². The first-order chi connectivity index (χ1) is 9.95. The molecule has 1 aromatic carbocycles. The molecular weight excluding hydrogens is 264 g/mol. The molecule has 0 saturated carbocycles. The van der Waals surface area contributed by atoms with E-state index in [4.69, 9.17) is 4.74 Å². The van der Waals surface area contributed by atoms with Crippen LogP contribution in [0, 0.1) is 13.8 Å². The van der Waals surface area contributed by atoms with Gasteiger partial charge in [0.2, 0.25) is 5.91 Å². The molecule has 1 aromatic rings. The highest BCUT2D eigenvalue weighted by Crippen LogP contribution is 2.25. The summed E-state index contributed by atoms with van der Waals surface area (Å²) in [7, 11) is 3.52. The molecule has 0 radical (unpaired) electrons. The second kappa shape index (κ2) is 8.67. The maximum atomic E-state index is 11.5. The fraction of sp³-hybridized carbons (Fsp3) is 0.588. The molecule has 1 N–H and O–H groups in total. The number of amides is 1. The smallest absolute Gasteiger partial charge is 0.225 e. The molecule has 0 aliphatic heterocycles. The van der Waals surface area contributed by atoms with Gasteiger partial charge in [-0.25, -0.2) is 0 Å². The summed E-state index contributed by atoms with van der Waals surface area (Å²) >= 11 is 0. The number of rotatable bonds is 8. The normalized spacial score (nSPS) is 10.5. The predicted molar refractivity (Wildman–Crippen MR) is 86.7 cm³/mol. The molecule has 0 atom stereocenters. The summed E-state index contributed by atoms with van der Waals surface area (Å²) in [5, 5.41) is 3.40. The van der Waals surface area contributed by atoms with E-state index in [1.54, 1.807) is 19.0 Å². The maximum absolute atomic E-state index is 11.5. The molecule has 0 bridgehead atoms. The number of hydrogen-bond donors (Lipinski definition) is 1. The van der Waals surface area contributed by atoms with E-state index >= 15 is 0 Å². The van der Waals surface area contributed by atoms with Crippen molar-refractivity contribution in [3.63, 3.8) is 0 Å². The van der Waals surface area contributed by atoms with Crippen molar-refractivity contribution in [2.24, 2.45) is 0 Å². The van der Waals surface area contributed by atoms with E-state index in [1.165, 1.54) is 5.56 Å². The minimum atomic E-state index is 0.0886. The van der Waals surface area contributed by atoms with Crippen LogP contribution in [0.5, 0.6) is 5.75 Å². The Hall–Kier alpha value is -1.55. The van der Waals surface area contributed by atoms with Gasteiger partial charge in [-0.2, -0.15) is 0 Å². The third kappa shape index (κ3) is 5.76. The monoisotopic (exact) mass is 292 g/mol. The summed E-state index contributed by atoms with van der Waals surface area (Å²) in [6.07, 6.45) is 1.55. The highest BCUT2D eigenvalue weighted by Gasteiger charge is 2.09. The molecule has 118 valence electrons. The van der Waals surface area contributed by atoms with Crippen molar-refractivity contribution in [3.05, 3.63) is 28.8 Å². The molecule has 4 heteroatoms. The molecule has 4 nitrogen and oxygen atoms in total. The molecular formula is C17H28N2O2. The van der Waals surface area contributed by atoms with Crippen LogP contribution in [-0.2, 0) is 11.3 Å². The average Bonchev–Trinajstić information content (AvgIpc) is 2.41. The summed E-state index contributed by atoms with van der Waals surface area (Å²) in [6, 6.07) is 4.30. The molecule has 0 saturated heterocycles. The van der Waals surface area contributed by atoms with Crippen LogP contribution in [0.1, 0.15) is 36.5 Å². The zero-order chi connectivity index (χ0) is 15.8. The first kappa shape index (κ1) is 17.5. The lowest BCUT2D eigenvalue weighted by Crippen LogP contribution is -2.23. The number of hydrogen-bond acceptors (Lipinski definition) is 3. The summed E-state index contributed by atoms with van der Waals surface area (Å²) < 4.78 is 5.80. The van der Waals surface area contributed by atoms with Crippen molar-refractivity contribution in [3.8, 4) is 5.75 Å². The quantitative estimate of drug-likeness (QED) is 0.749. The predicted octanol–water partition coefficient (Wildman–Crippen LogP) is 2.66. The SMILES string of the molecule is CCCNCc1cc(C)c(OCCC(=O)N(C)C)c(C)c1. The number of ether oxygens (including phenoxy) is 1. The first-order valence-corrected chi connectivity index (χ1v) is 7.59. The molecule has 0 spiro atoms. The largest absolute Gasteiger partial charge is 0.493 e. The molecule has 0 unspecified atom stereocenters. The lowest BCUT2D eigenvalue weighted by atomic mass is 10.1. The third-order valence-electron chi connectivity index (χ3n) is 3.34. The summed E-state index contributed by atoms with van der Waals surface area (Å²) in [5.41, 5.74) is 3.52. The minimum absolute atomic E-state index is 0.0886. The number of benzene rings is 1. The lowest BCUT2D eigenvalue weighted by Gasteiger charge is -2.15. The Balaban J connectivity index is 2.61. The number of nitrogens with zero attached hydrogens (tertiary/aromatic N) is 1. The van der Waals surface area contributed by atoms with E-state index in [9.17, 15) is 4.79 Å². The van der Waals surface area contributed by atoms with Crippen LogP contribution >= 0.6 is 0 Å². The Labute approximate surface area is 128 Å².